The molecule has 1 atom stereocenters. The number of hydrogen-bond acceptors (Lipinski definition) is 3. The van der Waals surface area contributed by atoms with E-state index < -0.39 is 0 Å². The van der Waals surface area contributed by atoms with Gasteiger partial charge in [-0.2, -0.15) is 0 Å². The number of carbonyl (C=O) groups excluding carboxylic acids is 1. The van der Waals surface area contributed by atoms with E-state index in [-0.39, 0.29) is 11.9 Å². The normalized spacial score (nSPS) is 20.2. The standard InChI is InChI=1S/C18H22ClN3O2/c1-12(21-7-9-24-10-8-21)18(23)22-6-5-16-14(11-22)13-3-2-4-15(19)17(13)20-16/h2-4,12,20H,5-11H2,1H3/t12-/m1/s1. The number of fused-ring (bicyclic) bond motifs is 3. The first-order valence-corrected chi connectivity index (χ1v) is 8.91. The lowest BCUT2D eigenvalue weighted by molar-refractivity contribution is -0.139. The van der Waals surface area contributed by atoms with Crippen LogP contribution >= 0.6 is 11.6 Å². The second-order valence-corrected chi connectivity index (χ2v) is 6.99. The van der Waals surface area contributed by atoms with E-state index in [1.807, 2.05) is 24.0 Å². The predicted octanol–water partition coefficient (Wildman–Crippen LogP) is 2.43. The number of hydrogen-bond donors (Lipinski definition) is 1. The molecule has 3 heterocycles. The summed E-state index contributed by atoms with van der Waals surface area (Å²) in [5, 5.41) is 1.87. The summed E-state index contributed by atoms with van der Waals surface area (Å²) in [5.41, 5.74) is 3.40. The average molecular weight is 348 g/mol. The van der Waals surface area contributed by atoms with Gasteiger partial charge in [-0.25, -0.2) is 0 Å². The Hall–Kier alpha value is -1.56. The maximum absolute atomic E-state index is 12.9. The molecule has 2 aliphatic rings. The fourth-order valence-corrected chi connectivity index (χ4v) is 4.00. The molecule has 1 amide bonds. The summed E-state index contributed by atoms with van der Waals surface area (Å²) in [4.78, 5) is 20.6. The highest BCUT2D eigenvalue weighted by Crippen LogP contribution is 2.31. The molecule has 0 unspecified atom stereocenters. The Balaban J connectivity index is 1.56. The third kappa shape index (κ3) is 2.70. The number of benzene rings is 1. The van der Waals surface area contributed by atoms with Crippen molar-refractivity contribution < 1.29 is 9.53 Å². The first-order valence-electron chi connectivity index (χ1n) is 8.53. The van der Waals surface area contributed by atoms with Crippen molar-refractivity contribution in [3.05, 3.63) is 34.5 Å². The van der Waals surface area contributed by atoms with Crippen LogP contribution in [0, 0.1) is 0 Å². The number of halogens is 1. The Kier molecular flexibility index (Phi) is 4.24. The number of ether oxygens (including phenoxy) is 1. The highest BCUT2D eigenvalue weighted by Gasteiger charge is 2.30. The summed E-state index contributed by atoms with van der Waals surface area (Å²) in [6.45, 7) is 6.50. The smallest absolute Gasteiger partial charge is 0.239 e. The number of carbonyl (C=O) groups is 1. The molecule has 0 saturated carbocycles. The van der Waals surface area contributed by atoms with Crippen molar-refractivity contribution in [1.82, 2.24) is 14.8 Å². The molecule has 2 aliphatic heterocycles. The van der Waals surface area contributed by atoms with Gasteiger partial charge in [-0.3, -0.25) is 9.69 Å². The van der Waals surface area contributed by atoms with E-state index in [4.69, 9.17) is 16.3 Å². The van der Waals surface area contributed by atoms with Gasteiger partial charge >= 0.3 is 0 Å². The van der Waals surface area contributed by atoms with Crippen molar-refractivity contribution >= 4 is 28.4 Å². The average Bonchev–Trinajstić information content (AvgIpc) is 3.00. The lowest BCUT2D eigenvalue weighted by Crippen LogP contribution is -2.51. The summed E-state index contributed by atoms with van der Waals surface area (Å²) >= 11 is 6.30. The van der Waals surface area contributed by atoms with Crippen LogP contribution in [0.3, 0.4) is 0 Å². The van der Waals surface area contributed by atoms with Crippen LogP contribution in [0.15, 0.2) is 18.2 Å². The van der Waals surface area contributed by atoms with Gasteiger partial charge < -0.3 is 14.6 Å². The first kappa shape index (κ1) is 15.9. The lowest BCUT2D eigenvalue weighted by atomic mass is 10.0. The molecule has 1 fully saturated rings. The molecule has 6 heteroatoms. The van der Waals surface area contributed by atoms with E-state index in [2.05, 4.69) is 16.0 Å². The zero-order chi connectivity index (χ0) is 16.7. The highest BCUT2D eigenvalue weighted by atomic mass is 35.5. The highest BCUT2D eigenvalue weighted by molar-refractivity contribution is 6.35. The van der Waals surface area contributed by atoms with Gasteiger partial charge in [-0.05, 0) is 13.0 Å². The van der Waals surface area contributed by atoms with Crippen LogP contribution < -0.4 is 0 Å². The third-order valence-electron chi connectivity index (χ3n) is 5.22. The first-order chi connectivity index (χ1) is 11.6. The lowest BCUT2D eigenvalue weighted by Gasteiger charge is -2.36. The van der Waals surface area contributed by atoms with Gasteiger partial charge in [0.1, 0.15) is 0 Å². The van der Waals surface area contributed by atoms with Crippen molar-refractivity contribution in [2.45, 2.75) is 25.9 Å². The predicted molar refractivity (Wildman–Crippen MR) is 94.3 cm³/mol. The molecule has 128 valence electrons. The second kappa shape index (κ2) is 6.39. The minimum absolute atomic E-state index is 0.0933. The summed E-state index contributed by atoms with van der Waals surface area (Å²) in [6.07, 6.45) is 0.849. The van der Waals surface area contributed by atoms with Crippen molar-refractivity contribution in [3.63, 3.8) is 0 Å². The molecule has 0 spiro atoms. The van der Waals surface area contributed by atoms with Gasteiger partial charge in [0.15, 0.2) is 0 Å². The number of rotatable bonds is 2. The SMILES string of the molecule is C[C@H](C(=O)N1CCc2[nH]c3c(Cl)cccc3c2C1)N1CCOCC1. The quantitative estimate of drug-likeness (QED) is 0.907. The molecule has 1 aromatic carbocycles. The summed E-state index contributed by atoms with van der Waals surface area (Å²) in [5.74, 6) is 0.207. The van der Waals surface area contributed by atoms with Crippen molar-refractivity contribution in [2.75, 3.05) is 32.8 Å². The fourth-order valence-electron chi connectivity index (χ4n) is 3.78. The van der Waals surface area contributed by atoms with Crippen molar-refractivity contribution in [3.8, 4) is 0 Å². The molecule has 1 aromatic heterocycles. The van der Waals surface area contributed by atoms with E-state index >= 15 is 0 Å². The van der Waals surface area contributed by atoms with Crippen LogP contribution in [0.1, 0.15) is 18.2 Å². The van der Waals surface area contributed by atoms with Crippen LogP contribution in [0.2, 0.25) is 5.02 Å². The van der Waals surface area contributed by atoms with Crippen molar-refractivity contribution in [1.29, 1.82) is 0 Å². The molecule has 5 nitrogen and oxygen atoms in total. The van der Waals surface area contributed by atoms with E-state index in [0.29, 0.717) is 19.8 Å². The Bertz CT molecular complexity index is 767. The number of aromatic amines is 1. The molecule has 1 saturated heterocycles. The van der Waals surface area contributed by atoms with Crippen LogP contribution in [0.4, 0.5) is 0 Å². The minimum atomic E-state index is -0.0933. The topological polar surface area (TPSA) is 48.6 Å². The van der Waals surface area contributed by atoms with Crippen molar-refractivity contribution in [2.24, 2.45) is 0 Å². The molecule has 4 rings (SSSR count). The Morgan fingerprint density at radius 3 is 2.88 bits per heavy atom. The van der Waals surface area contributed by atoms with Crippen LogP contribution in [0.25, 0.3) is 10.9 Å². The summed E-state index contributed by atoms with van der Waals surface area (Å²) in [7, 11) is 0. The van der Waals surface area contributed by atoms with E-state index in [0.717, 1.165) is 42.0 Å². The molecule has 24 heavy (non-hydrogen) atoms. The molecule has 0 radical (unpaired) electrons. The Labute approximate surface area is 146 Å². The van der Waals surface area contributed by atoms with Gasteiger partial charge in [0.2, 0.25) is 5.91 Å². The van der Waals surface area contributed by atoms with Gasteiger partial charge in [-0.15, -0.1) is 0 Å². The molecular formula is C18H22ClN3O2. The second-order valence-electron chi connectivity index (χ2n) is 6.58. The Morgan fingerprint density at radius 1 is 1.29 bits per heavy atom. The number of para-hydroxylation sites is 1. The largest absolute Gasteiger partial charge is 0.379 e. The molecular weight excluding hydrogens is 326 g/mol. The molecule has 2 aromatic rings. The number of amides is 1. The van der Waals surface area contributed by atoms with Crippen LogP contribution in [0.5, 0.6) is 0 Å². The Morgan fingerprint density at radius 2 is 2.08 bits per heavy atom. The maximum Gasteiger partial charge on any atom is 0.239 e. The van der Waals surface area contributed by atoms with Crippen LogP contribution in [-0.4, -0.2) is 59.6 Å². The molecule has 0 aliphatic carbocycles. The third-order valence-corrected chi connectivity index (χ3v) is 5.54. The zero-order valence-corrected chi connectivity index (χ0v) is 14.6. The van der Waals surface area contributed by atoms with E-state index in [1.165, 1.54) is 11.3 Å². The number of morpholine rings is 1. The zero-order valence-electron chi connectivity index (χ0n) is 13.8. The fraction of sp³-hybridized carbons (Fsp3) is 0.500. The molecule has 1 N–H and O–H groups in total. The van der Waals surface area contributed by atoms with Gasteiger partial charge in [0.05, 0.1) is 29.8 Å². The van der Waals surface area contributed by atoms with E-state index in [1.54, 1.807) is 0 Å². The number of nitrogens with zero attached hydrogens (tertiary/aromatic N) is 2. The minimum Gasteiger partial charge on any atom is -0.379 e. The van der Waals surface area contributed by atoms with Gasteiger partial charge in [-0.1, -0.05) is 23.7 Å². The number of nitrogens with one attached hydrogen (secondary N) is 1. The monoisotopic (exact) mass is 347 g/mol. The van der Waals surface area contributed by atoms with Crippen LogP contribution in [-0.2, 0) is 22.5 Å². The van der Waals surface area contributed by atoms with Gasteiger partial charge in [0, 0.05) is 49.2 Å². The number of aromatic nitrogens is 1. The van der Waals surface area contributed by atoms with E-state index in [9.17, 15) is 4.79 Å². The number of H-pyrrole nitrogens is 1. The summed E-state index contributed by atoms with van der Waals surface area (Å²) in [6, 6.07) is 5.85. The maximum atomic E-state index is 12.9. The molecule has 0 bridgehead atoms. The van der Waals surface area contributed by atoms with Gasteiger partial charge in [0.25, 0.3) is 0 Å². The summed E-state index contributed by atoms with van der Waals surface area (Å²) < 4.78 is 5.39.